The summed E-state index contributed by atoms with van der Waals surface area (Å²) in [5, 5.41) is 11.7. The maximum Gasteiger partial charge on any atom is 0.0992 e. The van der Waals surface area contributed by atoms with Crippen LogP contribution in [0, 0.1) is 45.9 Å². The molecule has 92 heavy (non-hydrogen) atoms. The highest BCUT2D eigenvalue weighted by atomic mass is 15.2. The van der Waals surface area contributed by atoms with E-state index in [-0.39, 0.29) is 0 Å². The summed E-state index contributed by atoms with van der Waals surface area (Å²) in [6.07, 6.45) is 0. The number of anilines is 15. The molecule has 0 amide bonds. The molecule has 13 aromatic rings. The van der Waals surface area contributed by atoms with Gasteiger partial charge in [0.2, 0.25) is 0 Å². The van der Waals surface area contributed by atoms with E-state index >= 15 is 0 Å². The van der Waals surface area contributed by atoms with Gasteiger partial charge in [-0.2, -0.15) is 5.26 Å². The van der Waals surface area contributed by atoms with Gasteiger partial charge in [0.25, 0.3) is 0 Å². The van der Waals surface area contributed by atoms with E-state index in [1.165, 1.54) is 50.0 Å². The Morgan fingerprint density at radius 3 is 0.848 bits per heavy atom. The van der Waals surface area contributed by atoms with Crippen molar-refractivity contribution >= 4 is 96.1 Å². The van der Waals surface area contributed by atoms with E-state index in [1.807, 2.05) is 43.4 Å². The van der Waals surface area contributed by atoms with E-state index < -0.39 is 0 Å². The Bertz CT molecular complexity index is 4410. The SMILES string of the molecule is Cc1ccc(N(c2ccc(C)cc2)c2ccc(N(C)c3cccc4ccccc34)cc2)cc1.Cc1ccc(N(c2ccc(C)cc2)c2ccc(N(C)c3ccccc3)cc2)cc1.Cc1ccc(N(c2ccccc2)c2ccc(N(C)c3cccc(C#N)c3)cc2)cc1. The first-order valence-electron chi connectivity index (χ1n) is 31.2. The zero-order valence-corrected chi connectivity index (χ0v) is 53.7. The van der Waals surface area contributed by atoms with E-state index in [0.717, 1.165) is 73.9 Å². The van der Waals surface area contributed by atoms with Gasteiger partial charge in [-0.3, -0.25) is 0 Å². The van der Waals surface area contributed by atoms with Crippen molar-refractivity contribution in [3.63, 3.8) is 0 Å². The minimum absolute atomic E-state index is 0.658. The summed E-state index contributed by atoms with van der Waals surface area (Å²) in [6.45, 7) is 10.6. The van der Waals surface area contributed by atoms with Crippen LogP contribution in [0.1, 0.15) is 33.4 Å². The lowest BCUT2D eigenvalue weighted by molar-refractivity contribution is 1.20. The molecule has 13 rings (SSSR count). The van der Waals surface area contributed by atoms with E-state index in [2.05, 4.69) is 369 Å². The summed E-state index contributed by atoms with van der Waals surface area (Å²) >= 11 is 0. The molecule has 0 bridgehead atoms. The Morgan fingerprint density at radius 1 is 0.228 bits per heavy atom. The molecule has 0 saturated carbocycles. The molecule has 0 N–H and O–H groups in total. The monoisotopic (exact) mass is 1200 g/mol. The predicted octanol–water partition coefficient (Wildman–Crippen LogP) is 23.3. The molecule has 0 saturated heterocycles. The van der Waals surface area contributed by atoms with Crippen LogP contribution in [0.2, 0.25) is 0 Å². The fourth-order valence-electron chi connectivity index (χ4n) is 11.2. The number of para-hydroxylation sites is 2. The van der Waals surface area contributed by atoms with Crippen molar-refractivity contribution in [1.82, 2.24) is 0 Å². The number of aryl methyl sites for hydroxylation is 5. The highest BCUT2D eigenvalue weighted by Crippen LogP contribution is 2.41. The second kappa shape index (κ2) is 29.2. The van der Waals surface area contributed by atoms with Crippen molar-refractivity contribution in [3.8, 4) is 6.07 Å². The lowest BCUT2D eigenvalue weighted by Crippen LogP contribution is -2.12. The topological polar surface area (TPSA) is 43.2 Å². The van der Waals surface area contributed by atoms with Gasteiger partial charge in [-0.05, 0) is 222 Å². The molecule has 0 fully saturated rings. The first-order chi connectivity index (χ1) is 44.9. The number of nitriles is 1. The predicted molar refractivity (Wildman–Crippen MR) is 393 cm³/mol. The van der Waals surface area contributed by atoms with Crippen molar-refractivity contribution in [2.45, 2.75) is 34.6 Å². The first kappa shape index (κ1) is 62.0. The van der Waals surface area contributed by atoms with Crippen molar-refractivity contribution in [1.29, 1.82) is 5.26 Å². The summed E-state index contributed by atoms with van der Waals surface area (Å²) in [4.78, 5) is 13.4. The molecular formula is C85H77N7. The van der Waals surface area contributed by atoms with E-state index in [4.69, 9.17) is 0 Å². The molecular weight excluding hydrogens is 1120 g/mol. The third kappa shape index (κ3) is 14.9. The average molecular weight is 1200 g/mol. The molecule has 0 aliphatic rings. The van der Waals surface area contributed by atoms with Gasteiger partial charge < -0.3 is 29.4 Å². The molecule has 0 heterocycles. The van der Waals surface area contributed by atoms with Crippen LogP contribution in [0.15, 0.2) is 322 Å². The second-order valence-corrected chi connectivity index (χ2v) is 23.2. The molecule has 0 aliphatic carbocycles. The van der Waals surface area contributed by atoms with Crippen LogP contribution in [-0.2, 0) is 0 Å². The maximum atomic E-state index is 9.17. The van der Waals surface area contributed by atoms with Crippen LogP contribution in [0.4, 0.5) is 85.3 Å². The first-order valence-corrected chi connectivity index (χ1v) is 31.2. The van der Waals surface area contributed by atoms with Crippen LogP contribution in [0.5, 0.6) is 0 Å². The summed E-state index contributed by atoms with van der Waals surface area (Å²) in [5.41, 5.74) is 23.9. The Hall–Kier alpha value is -11.6. The maximum absolute atomic E-state index is 9.17. The zero-order chi connectivity index (χ0) is 63.9. The molecule has 452 valence electrons. The summed E-state index contributed by atoms with van der Waals surface area (Å²) in [7, 11) is 6.25. The molecule has 0 aromatic heterocycles. The minimum Gasteiger partial charge on any atom is -0.345 e. The highest BCUT2D eigenvalue weighted by Gasteiger charge is 2.18. The van der Waals surface area contributed by atoms with E-state index in [0.29, 0.717) is 5.56 Å². The molecule has 7 heteroatoms. The lowest BCUT2D eigenvalue weighted by Gasteiger charge is -2.27. The van der Waals surface area contributed by atoms with Crippen molar-refractivity contribution in [2.24, 2.45) is 0 Å². The fraction of sp³-hybridized carbons (Fsp3) is 0.0941. The van der Waals surface area contributed by atoms with Crippen LogP contribution < -0.4 is 29.4 Å². The number of hydrogen-bond acceptors (Lipinski definition) is 7. The summed E-state index contributed by atoms with van der Waals surface area (Å²) in [5.74, 6) is 0. The molecule has 0 aliphatic heterocycles. The van der Waals surface area contributed by atoms with E-state index in [1.54, 1.807) is 0 Å². The number of benzene rings is 13. The minimum atomic E-state index is 0.658. The number of nitrogens with zero attached hydrogens (tertiary/aromatic N) is 7. The molecule has 0 radical (unpaired) electrons. The van der Waals surface area contributed by atoms with Crippen LogP contribution in [-0.4, -0.2) is 21.1 Å². The Balaban J connectivity index is 0.000000142. The van der Waals surface area contributed by atoms with Gasteiger partial charge in [0.1, 0.15) is 0 Å². The van der Waals surface area contributed by atoms with E-state index in [9.17, 15) is 5.26 Å². The summed E-state index contributed by atoms with van der Waals surface area (Å²) in [6, 6.07) is 115. The van der Waals surface area contributed by atoms with Crippen LogP contribution in [0.25, 0.3) is 10.8 Å². The summed E-state index contributed by atoms with van der Waals surface area (Å²) < 4.78 is 0. The standard InChI is InChI=1S/C31H28N2.C27H23N3.C27H26N2/c1-23-11-15-27(16-12-23)33(28-17-13-24(2)14-18-28)29-21-19-26(20-22-29)32(3)31-10-6-8-25-7-4-5-9-30(25)31;1-21-11-13-25(14-12-21)30(24-8-4-3-5-9-24)26-17-15-23(16-18-26)29(2)27-10-6-7-22(19-27)20-28;1-21-9-13-25(14-10-21)29(26-15-11-22(2)12-16-26)27-19-17-24(18-20-27)28(3)23-7-5-4-6-8-23/h4-22H,1-3H3;3-19H,1-2H3;4-20H,1-3H3. The van der Waals surface area contributed by atoms with Gasteiger partial charge in [0.05, 0.1) is 11.6 Å². The van der Waals surface area contributed by atoms with Gasteiger partial charge in [-0.1, -0.05) is 167 Å². The van der Waals surface area contributed by atoms with Crippen molar-refractivity contribution in [3.05, 3.63) is 355 Å². The van der Waals surface area contributed by atoms with Crippen molar-refractivity contribution in [2.75, 3.05) is 50.5 Å². The smallest absolute Gasteiger partial charge is 0.0992 e. The molecule has 0 unspecified atom stereocenters. The third-order valence-electron chi connectivity index (χ3n) is 16.6. The third-order valence-corrected chi connectivity index (χ3v) is 16.6. The molecule has 7 nitrogen and oxygen atoms in total. The van der Waals surface area contributed by atoms with Gasteiger partial charge in [-0.15, -0.1) is 0 Å². The number of hydrogen-bond donors (Lipinski definition) is 0. The van der Waals surface area contributed by atoms with Gasteiger partial charge >= 0.3 is 0 Å². The zero-order valence-electron chi connectivity index (χ0n) is 53.7. The second-order valence-electron chi connectivity index (χ2n) is 23.2. The van der Waals surface area contributed by atoms with Crippen LogP contribution in [0.3, 0.4) is 0 Å². The van der Waals surface area contributed by atoms with Crippen molar-refractivity contribution < 1.29 is 0 Å². The largest absolute Gasteiger partial charge is 0.345 e. The van der Waals surface area contributed by atoms with Gasteiger partial charge in [-0.25, -0.2) is 0 Å². The van der Waals surface area contributed by atoms with Crippen LogP contribution >= 0.6 is 0 Å². The molecule has 0 atom stereocenters. The Labute approximate surface area is 544 Å². The van der Waals surface area contributed by atoms with Gasteiger partial charge in [0, 0.05) is 112 Å². The number of rotatable bonds is 15. The van der Waals surface area contributed by atoms with Gasteiger partial charge in [0.15, 0.2) is 0 Å². The molecule has 13 aromatic carbocycles. The highest BCUT2D eigenvalue weighted by molar-refractivity contribution is 5.96. The molecule has 0 spiro atoms. The lowest BCUT2D eigenvalue weighted by atomic mass is 10.1. The normalized spacial score (nSPS) is 10.6. The average Bonchev–Trinajstić information content (AvgIpc) is 1.05. The fourth-order valence-corrected chi connectivity index (χ4v) is 11.2. The number of fused-ring (bicyclic) bond motifs is 1. The Morgan fingerprint density at radius 2 is 0.478 bits per heavy atom. The Kier molecular flexibility index (Phi) is 19.7. The quantitative estimate of drug-likeness (QED) is 0.101.